The zero-order valence-corrected chi connectivity index (χ0v) is 28.0. The Bertz CT molecular complexity index is 2390. The third kappa shape index (κ3) is 7.16. The molecule has 0 spiro atoms. The van der Waals surface area contributed by atoms with Crippen molar-refractivity contribution in [1.29, 1.82) is 0 Å². The second-order valence-corrected chi connectivity index (χ2v) is 11.6. The first-order chi connectivity index (χ1) is 24.7. The SMILES string of the molecule is CC/C(=N\OC(C)=O)C(=O)c1ccc2c(c1)c1cc(C(=O)/C(=N/OC(C)=O)c3ccccc3)ccc1n2-c1ccc(C(=O)c2ccccc2)cc1. The van der Waals surface area contributed by atoms with Crippen molar-refractivity contribution in [3.63, 3.8) is 0 Å². The van der Waals surface area contributed by atoms with Crippen molar-refractivity contribution >= 4 is 62.5 Å². The molecule has 0 fully saturated rings. The van der Waals surface area contributed by atoms with E-state index in [2.05, 4.69) is 10.3 Å². The highest BCUT2D eigenvalue weighted by Gasteiger charge is 2.22. The number of nitrogens with zero attached hydrogens (tertiary/aromatic N) is 3. The predicted molar refractivity (Wildman–Crippen MR) is 194 cm³/mol. The van der Waals surface area contributed by atoms with Crippen molar-refractivity contribution in [2.75, 3.05) is 0 Å². The molecule has 5 aromatic carbocycles. The lowest BCUT2D eigenvalue weighted by Gasteiger charge is -2.10. The van der Waals surface area contributed by atoms with Crippen molar-refractivity contribution in [1.82, 2.24) is 4.57 Å². The number of carbonyl (C=O) groups is 5. The topological polar surface area (TPSA) is 133 Å². The zero-order valence-electron chi connectivity index (χ0n) is 28.0. The highest BCUT2D eigenvalue weighted by Crippen LogP contribution is 2.34. The fourth-order valence-electron chi connectivity index (χ4n) is 5.72. The smallest absolute Gasteiger partial charge is 0.318 e. The standard InChI is InChI=1S/C41H31N3O7/c1-4-35(42-50-25(2)45)40(48)30-17-21-36-33(23-30)34-24-31(41(49)38(43-51-26(3)46)27-11-7-5-8-12-27)18-22-37(34)44(36)32-19-15-29(16-20-32)39(47)28-13-9-6-10-14-28/h5-24H,4H2,1-3H3/b42-35+,43-38+. The van der Waals surface area contributed by atoms with Crippen LogP contribution in [0.3, 0.4) is 0 Å². The molecule has 252 valence electrons. The number of rotatable bonds is 11. The van der Waals surface area contributed by atoms with Crippen LogP contribution >= 0.6 is 0 Å². The van der Waals surface area contributed by atoms with E-state index in [1.165, 1.54) is 13.8 Å². The van der Waals surface area contributed by atoms with E-state index in [4.69, 9.17) is 9.68 Å². The fourth-order valence-corrected chi connectivity index (χ4v) is 5.72. The summed E-state index contributed by atoms with van der Waals surface area (Å²) < 4.78 is 1.97. The minimum atomic E-state index is -0.674. The van der Waals surface area contributed by atoms with Gasteiger partial charge in [0.25, 0.3) is 0 Å². The van der Waals surface area contributed by atoms with Crippen LogP contribution in [0.1, 0.15) is 69.4 Å². The molecule has 0 saturated heterocycles. The van der Waals surface area contributed by atoms with Gasteiger partial charge in [0.2, 0.25) is 11.6 Å². The molecular formula is C41H31N3O7. The Balaban J connectivity index is 1.51. The number of ketones is 3. The molecule has 6 aromatic rings. The number of Topliss-reactive ketones (excluding diaryl/α,β-unsaturated/α-hetero) is 2. The Morgan fingerprint density at radius 1 is 0.549 bits per heavy atom. The zero-order chi connectivity index (χ0) is 36.1. The van der Waals surface area contributed by atoms with Crippen molar-refractivity contribution in [3.05, 3.63) is 149 Å². The number of carbonyl (C=O) groups excluding carboxylic acids is 5. The van der Waals surface area contributed by atoms with Gasteiger partial charge in [0, 0.05) is 58.1 Å². The summed E-state index contributed by atoms with van der Waals surface area (Å²) in [6, 6.07) is 35.2. The first-order valence-corrected chi connectivity index (χ1v) is 16.1. The van der Waals surface area contributed by atoms with Crippen LogP contribution in [-0.4, -0.2) is 45.3 Å². The van der Waals surface area contributed by atoms with Crippen molar-refractivity contribution in [2.45, 2.75) is 27.2 Å². The minimum absolute atomic E-state index is 0.0577. The molecular weight excluding hydrogens is 646 g/mol. The summed E-state index contributed by atoms with van der Waals surface area (Å²) in [5.74, 6) is -2.33. The van der Waals surface area contributed by atoms with Crippen LogP contribution in [0.25, 0.3) is 27.5 Å². The lowest BCUT2D eigenvalue weighted by Crippen LogP contribution is -2.17. The summed E-state index contributed by atoms with van der Waals surface area (Å²) in [5, 5.41) is 8.95. The van der Waals surface area contributed by atoms with Crippen LogP contribution < -0.4 is 0 Å². The molecule has 1 heterocycles. The second-order valence-electron chi connectivity index (χ2n) is 11.6. The molecule has 0 amide bonds. The third-order valence-corrected chi connectivity index (χ3v) is 8.12. The maximum Gasteiger partial charge on any atom is 0.332 e. The highest BCUT2D eigenvalue weighted by molar-refractivity contribution is 6.51. The predicted octanol–water partition coefficient (Wildman–Crippen LogP) is 7.68. The van der Waals surface area contributed by atoms with E-state index < -0.39 is 23.5 Å². The van der Waals surface area contributed by atoms with E-state index in [0.29, 0.717) is 33.0 Å². The van der Waals surface area contributed by atoms with Gasteiger partial charge in [-0.2, -0.15) is 0 Å². The maximum atomic E-state index is 14.0. The van der Waals surface area contributed by atoms with Gasteiger partial charge in [0.15, 0.2) is 11.5 Å². The quantitative estimate of drug-likeness (QED) is 0.0594. The molecule has 51 heavy (non-hydrogen) atoms. The molecule has 1 aromatic heterocycles. The average Bonchev–Trinajstić information content (AvgIpc) is 3.48. The molecule has 0 aliphatic rings. The van der Waals surface area contributed by atoms with Gasteiger partial charge in [0.1, 0.15) is 5.71 Å². The van der Waals surface area contributed by atoms with Crippen LogP contribution in [0, 0.1) is 0 Å². The maximum absolute atomic E-state index is 14.0. The molecule has 0 aliphatic heterocycles. The summed E-state index contributed by atoms with van der Waals surface area (Å²) in [4.78, 5) is 73.4. The Morgan fingerprint density at radius 3 is 1.55 bits per heavy atom. The van der Waals surface area contributed by atoms with Gasteiger partial charge in [-0.15, -0.1) is 0 Å². The van der Waals surface area contributed by atoms with E-state index in [0.717, 1.165) is 16.7 Å². The summed E-state index contributed by atoms with van der Waals surface area (Å²) >= 11 is 0. The average molecular weight is 678 g/mol. The molecule has 0 aliphatic carbocycles. The summed E-state index contributed by atoms with van der Waals surface area (Å²) in [6.45, 7) is 4.13. The largest absolute Gasteiger partial charge is 0.332 e. The number of benzene rings is 5. The van der Waals surface area contributed by atoms with E-state index in [1.54, 1.807) is 97.9 Å². The molecule has 10 nitrogen and oxygen atoms in total. The molecule has 0 bridgehead atoms. The lowest BCUT2D eigenvalue weighted by atomic mass is 9.98. The van der Waals surface area contributed by atoms with Crippen molar-refractivity contribution in [2.24, 2.45) is 10.3 Å². The van der Waals surface area contributed by atoms with Crippen LogP contribution in [0.2, 0.25) is 0 Å². The van der Waals surface area contributed by atoms with E-state index in [1.807, 2.05) is 34.9 Å². The van der Waals surface area contributed by atoms with Crippen LogP contribution in [0.15, 0.2) is 132 Å². The number of aromatic nitrogens is 1. The first-order valence-electron chi connectivity index (χ1n) is 16.1. The van der Waals surface area contributed by atoms with E-state index in [9.17, 15) is 24.0 Å². The monoisotopic (exact) mass is 677 g/mol. The van der Waals surface area contributed by atoms with Crippen molar-refractivity contribution < 1.29 is 33.6 Å². The fraction of sp³-hybridized carbons (Fsp3) is 0.0976. The van der Waals surface area contributed by atoms with Crippen LogP contribution in [0.5, 0.6) is 0 Å². The lowest BCUT2D eigenvalue weighted by molar-refractivity contribution is -0.141. The van der Waals surface area contributed by atoms with Gasteiger partial charge >= 0.3 is 11.9 Å². The number of hydrogen-bond donors (Lipinski definition) is 0. The summed E-state index contributed by atoms with van der Waals surface area (Å²) in [7, 11) is 0. The molecule has 6 rings (SSSR count). The summed E-state index contributed by atoms with van der Waals surface area (Å²) in [6.07, 6.45) is 0.225. The van der Waals surface area contributed by atoms with Gasteiger partial charge < -0.3 is 14.2 Å². The van der Waals surface area contributed by atoms with Gasteiger partial charge in [0.05, 0.1) is 11.0 Å². The number of fused-ring (bicyclic) bond motifs is 3. The molecule has 10 heteroatoms. The van der Waals surface area contributed by atoms with Gasteiger partial charge in [-0.1, -0.05) is 77.9 Å². The third-order valence-electron chi connectivity index (χ3n) is 8.12. The van der Waals surface area contributed by atoms with Crippen LogP contribution in [0.4, 0.5) is 0 Å². The second kappa shape index (κ2) is 14.8. The minimum Gasteiger partial charge on any atom is -0.318 e. The molecule has 0 radical (unpaired) electrons. The van der Waals surface area contributed by atoms with Crippen LogP contribution in [-0.2, 0) is 19.3 Å². The highest BCUT2D eigenvalue weighted by atomic mass is 16.7. The first kappa shape index (κ1) is 34.1. The Hall–Kier alpha value is -6.81. The normalized spacial score (nSPS) is 11.7. The molecule has 0 saturated carbocycles. The summed E-state index contributed by atoms with van der Waals surface area (Å²) in [5.41, 5.74) is 4.32. The Kier molecular flexibility index (Phi) is 9.85. The van der Waals surface area contributed by atoms with E-state index in [-0.39, 0.29) is 29.2 Å². The van der Waals surface area contributed by atoms with Gasteiger partial charge in [-0.25, -0.2) is 9.59 Å². The number of hydrogen-bond acceptors (Lipinski definition) is 9. The van der Waals surface area contributed by atoms with Crippen molar-refractivity contribution in [3.8, 4) is 5.69 Å². The van der Waals surface area contributed by atoms with Gasteiger partial charge in [-0.05, 0) is 67.1 Å². The Morgan fingerprint density at radius 2 is 1.02 bits per heavy atom. The van der Waals surface area contributed by atoms with Gasteiger partial charge in [-0.3, -0.25) is 14.4 Å². The Labute approximate surface area is 292 Å². The molecule has 0 unspecified atom stereocenters. The number of oxime groups is 2. The molecule has 0 N–H and O–H groups in total. The van der Waals surface area contributed by atoms with E-state index >= 15 is 0 Å². The molecule has 0 atom stereocenters.